The van der Waals surface area contributed by atoms with Crippen LogP contribution in [0.15, 0.2) is 27.9 Å². The lowest BCUT2D eigenvalue weighted by Gasteiger charge is -1.94. The van der Waals surface area contributed by atoms with Crippen molar-refractivity contribution in [3.63, 3.8) is 0 Å². The number of anilines is 1. The number of nitrogen functional groups attached to an aromatic ring is 1. The van der Waals surface area contributed by atoms with Gasteiger partial charge in [-0.15, -0.1) is 0 Å². The van der Waals surface area contributed by atoms with Crippen LogP contribution >= 0.6 is 11.3 Å². The number of carbonyl (C=O) groups excluding carboxylic acids is 1. The van der Waals surface area contributed by atoms with E-state index >= 15 is 0 Å². The summed E-state index contributed by atoms with van der Waals surface area (Å²) in [6, 6.07) is 3.47. The van der Waals surface area contributed by atoms with E-state index in [2.05, 4.69) is 15.5 Å². The van der Waals surface area contributed by atoms with Crippen molar-refractivity contribution in [2.45, 2.75) is 6.92 Å². The van der Waals surface area contributed by atoms with Gasteiger partial charge in [0.1, 0.15) is 16.3 Å². The van der Waals surface area contributed by atoms with Gasteiger partial charge in [-0.25, -0.2) is 10.4 Å². The van der Waals surface area contributed by atoms with Crippen LogP contribution in [-0.2, 0) is 0 Å². The Morgan fingerprint density at radius 2 is 2.53 bits per heavy atom. The molecule has 17 heavy (non-hydrogen) atoms. The predicted octanol–water partition coefficient (Wildman–Crippen LogP) is 0.810. The first-order chi connectivity index (χ1) is 8.16. The second-order valence-corrected chi connectivity index (χ2v) is 4.31. The van der Waals surface area contributed by atoms with Crippen molar-refractivity contribution in [3.05, 3.63) is 34.7 Å². The Bertz CT molecular complexity index is 545. The molecule has 0 saturated heterocycles. The monoisotopic (exact) mass is 251 g/mol. The Kier molecular flexibility index (Phi) is 3.20. The molecule has 0 aliphatic carbocycles. The van der Waals surface area contributed by atoms with Crippen LogP contribution in [0.1, 0.15) is 21.1 Å². The van der Waals surface area contributed by atoms with E-state index in [0.717, 1.165) is 5.69 Å². The van der Waals surface area contributed by atoms with E-state index in [9.17, 15) is 4.79 Å². The van der Waals surface area contributed by atoms with Gasteiger partial charge in [0, 0.05) is 0 Å². The molecule has 1 amide bonds. The fraction of sp³-hybridized carbons (Fsp3) is 0.100. The average molecular weight is 251 g/mol. The fourth-order valence-electron chi connectivity index (χ4n) is 1.24. The van der Waals surface area contributed by atoms with E-state index in [1.54, 1.807) is 19.1 Å². The number of hydrogen-bond acceptors (Lipinski definition) is 5. The number of amides is 1. The molecule has 0 fully saturated rings. The van der Waals surface area contributed by atoms with E-state index in [1.165, 1.54) is 23.8 Å². The molecule has 6 nitrogen and oxygen atoms in total. The Hall–Kier alpha value is -2.15. The third-order valence-electron chi connectivity index (χ3n) is 1.97. The summed E-state index contributed by atoms with van der Waals surface area (Å²) in [5, 5.41) is 4.26. The number of aromatic nitrogens is 1. The van der Waals surface area contributed by atoms with Crippen molar-refractivity contribution in [2.24, 2.45) is 5.10 Å². The molecular weight excluding hydrogens is 240 g/mol. The number of rotatable bonds is 3. The predicted molar refractivity (Wildman–Crippen MR) is 63.8 cm³/mol. The van der Waals surface area contributed by atoms with Gasteiger partial charge >= 0.3 is 5.13 Å². The number of furan rings is 1. The minimum absolute atomic E-state index is 0.303. The zero-order valence-corrected chi connectivity index (χ0v) is 9.88. The molecule has 4 N–H and O–H groups in total. The first-order valence-corrected chi connectivity index (χ1v) is 5.63. The maximum absolute atomic E-state index is 11.7. The minimum atomic E-state index is -0.303. The molecule has 2 rings (SSSR count). The molecule has 7 heteroatoms. The zero-order valence-electron chi connectivity index (χ0n) is 9.06. The Morgan fingerprint density at radius 3 is 3.12 bits per heavy atom. The highest BCUT2D eigenvalue weighted by Crippen LogP contribution is 2.14. The van der Waals surface area contributed by atoms with Crippen LogP contribution < -0.4 is 16.1 Å². The molecule has 0 atom stereocenters. The van der Waals surface area contributed by atoms with Crippen LogP contribution in [0, 0.1) is 6.92 Å². The first kappa shape index (κ1) is 11.3. The molecule has 88 valence electrons. The van der Waals surface area contributed by atoms with Crippen LogP contribution in [0.3, 0.4) is 0 Å². The maximum Gasteiger partial charge on any atom is 0.330 e. The normalized spacial score (nSPS) is 10.9. The summed E-state index contributed by atoms with van der Waals surface area (Å²) < 4.78 is 5.02. The standard InChI is InChI=1S/C10H10N4O2S/c1-6-8(17-10(11)13-6)9(15)14-12-5-7-3-2-4-16-7/h2-5H,1H3,(H2,11,13)(H,14,15)/p+1. The molecule has 0 aliphatic rings. The number of nitrogens with zero attached hydrogens (tertiary/aromatic N) is 1. The van der Waals surface area contributed by atoms with E-state index in [0.29, 0.717) is 15.8 Å². The van der Waals surface area contributed by atoms with Gasteiger partial charge in [-0.05, 0) is 30.4 Å². The van der Waals surface area contributed by atoms with Gasteiger partial charge in [-0.3, -0.25) is 10.5 Å². The van der Waals surface area contributed by atoms with E-state index in [1.807, 2.05) is 0 Å². The van der Waals surface area contributed by atoms with Crippen molar-refractivity contribution in [2.75, 3.05) is 5.73 Å². The number of nitrogens with one attached hydrogen (secondary N) is 2. The number of carbonyl (C=O) groups is 1. The van der Waals surface area contributed by atoms with Crippen LogP contribution in [0.2, 0.25) is 0 Å². The molecule has 0 unspecified atom stereocenters. The lowest BCUT2D eigenvalue weighted by atomic mass is 10.4. The van der Waals surface area contributed by atoms with Crippen molar-refractivity contribution in [1.29, 1.82) is 0 Å². The van der Waals surface area contributed by atoms with Gasteiger partial charge in [0.2, 0.25) is 0 Å². The molecule has 0 radical (unpaired) electrons. The van der Waals surface area contributed by atoms with E-state index in [-0.39, 0.29) is 5.91 Å². The maximum atomic E-state index is 11.7. The quantitative estimate of drug-likeness (QED) is 0.624. The van der Waals surface area contributed by atoms with Crippen molar-refractivity contribution < 1.29 is 14.2 Å². The molecule has 0 bridgehead atoms. The highest BCUT2D eigenvalue weighted by molar-refractivity contribution is 7.16. The van der Waals surface area contributed by atoms with Gasteiger partial charge in [-0.2, -0.15) is 5.10 Å². The fourth-order valence-corrected chi connectivity index (χ4v) is 2.01. The summed E-state index contributed by atoms with van der Waals surface area (Å²) in [4.78, 5) is 15.1. The number of thiazole rings is 1. The Morgan fingerprint density at radius 1 is 1.71 bits per heavy atom. The number of nitrogens with two attached hydrogens (primary N) is 1. The SMILES string of the molecule is Cc1[nH+]c(N)sc1C(=O)NN=Cc1ccco1. The summed E-state index contributed by atoms with van der Waals surface area (Å²) in [6.45, 7) is 1.78. The number of aryl methyl sites for hydroxylation is 1. The van der Waals surface area contributed by atoms with Crippen LogP contribution in [0.25, 0.3) is 0 Å². The molecule has 0 spiro atoms. The minimum Gasteiger partial charge on any atom is -0.463 e. The summed E-state index contributed by atoms with van der Waals surface area (Å²) in [5.74, 6) is 0.266. The van der Waals surface area contributed by atoms with Crippen LogP contribution in [0.4, 0.5) is 5.13 Å². The topological polar surface area (TPSA) is 94.8 Å². The molecule has 0 aliphatic heterocycles. The lowest BCUT2D eigenvalue weighted by molar-refractivity contribution is -0.363. The van der Waals surface area contributed by atoms with Crippen LogP contribution in [-0.4, -0.2) is 12.1 Å². The third-order valence-corrected chi connectivity index (χ3v) is 2.99. The number of H-pyrrole nitrogens is 1. The molecule has 0 saturated carbocycles. The third kappa shape index (κ3) is 2.70. The smallest absolute Gasteiger partial charge is 0.330 e. The van der Waals surface area contributed by atoms with Gasteiger partial charge in [0.15, 0.2) is 0 Å². The van der Waals surface area contributed by atoms with Crippen molar-refractivity contribution >= 4 is 28.6 Å². The second-order valence-electron chi connectivity index (χ2n) is 3.26. The van der Waals surface area contributed by atoms with Gasteiger partial charge in [0.25, 0.3) is 5.91 Å². The Balaban J connectivity index is 2.00. The van der Waals surface area contributed by atoms with Gasteiger partial charge in [0.05, 0.1) is 12.5 Å². The van der Waals surface area contributed by atoms with Gasteiger partial charge < -0.3 is 4.42 Å². The second kappa shape index (κ2) is 4.79. The van der Waals surface area contributed by atoms with E-state index in [4.69, 9.17) is 10.2 Å². The van der Waals surface area contributed by atoms with Crippen molar-refractivity contribution in [3.8, 4) is 0 Å². The highest BCUT2D eigenvalue weighted by Gasteiger charge is 2.16. The number of hydrazone groups is 1. The lowest BCUT2D eigenvalue weighted by Crippen LogP contribution is -2.18. The summed E-state index contributed by atoms with van der Waals surface area (Å²) in [5.41, 5.74) is 8.67. The van der Waals surface area contributed by atoms with Crippen molar-refractivity contribution in [1.82, 2.24) is 5.43 Å². The number of hydrogen-bond donors (Lipinski definition) is 2. The average Bonchev–Trinajstić information content (AvgIpc) is 2.88. The Labute approximate surface area is 101 Å². The molecular formula is C10H11N4O2S+. The van der Waals surface area contributed by atoms with Crippen LogP contribution in [0.5, 0.6) is 0 Å². The largest absolute Gasteiger partial charge is 0.463 e. The summed E-state index contributed by atoms with van der Waals surface area (Å²) >= 11 is 1.18. The first-order valence-electron chi connectivity index (χ1n) is 4.82. The number of aromatic amines is 1. The van der Waals surface area contributed by atoms with Gasteiger partial charge in [-0.1, -0.05) is 0 Å². The summed E-state index contributed by atoms with van der Waals surface area (Å²) in [7, 11) is 0. The zero-order chi connectivity index (χ0) is 12.3. The highest BCUT2D eigenvalue weighted by atomic mass is 32.1. The molecule has 2 aromatic rings. The molecule has 0 aromatic carbocycles. The molecule has 2 aromatic heterocycles. The van der Waals surface area contributed by atoms with E-state index < -0.39 is 0 Å². The summed E-state index contributed by atoms with van der Waals surface area (Å²) in [6.07, 6.45) is 2.95. The molecule has 2 heterocycles.